The van der Waals surface area contributed by atoms with Crippen molar-refractivity contribution in [2.75, 3.05) is 6.54 Å². The fraction of sp³-hybridized carbons (Fsp3) is 0.625. The Labute approximate surface area is 104 Å². The van der Waals surface area contributed by atoms with E-state index in [0.717, 1.165) is 11.5 Å². The van der Waals surface area contributed by atoms with Crippen molar-refractivity contribution in [3.8, 4) is 0 Å². The topological polar surface area (TPSA) is 12.0 Å². The van der Waals surface area contributed by atoms with Crippen LogP contribution in [0.1, 0.15) is 44.1 Å². The Bertz CT molecular complexity index is 406. The van der Waals surface area contributed by atoms with Gasteiger partial charge in [-0.25, -0.2) is 0 Å². The Balaban J connectivity index is 1.55. The van der Waals surface area contributed by atoms with E-state index in [1.807, 2.05) is 0 Å². The minimum absolute atomic E-state index is 0.473. The molecule has 90 valence electrons. The van der Waals surface area contributed by atoms with Crippen LogP contribution in [0.3, 0.4) is 0 Å². The molecule has 0 bridgehead atoms. The van der Waals surface area contributed by atoms with Crippen molar-refractivity contribution in [3.63, 3.8) is 0 Å². The molecule has 3 saturated carbocycles. The lowest BCUT2D eigenvalue weighted by Crippen LogP contribution is -2.50. The lowest BCUT2D eigenvalue weighted by molar-refractivity contribution is 0.116. The molecule has 1 aromatic rings. The molecule has 0 atom stereocenters. The zero-order valence-corrected chi connectivity index (χ0v) is 10.4. The lowest BCUT2D eigenvalue weighted by atomic mass is 9.56. The normalized spacial score (nSPS) is 27.8. The highest BCUT2D eigenvalue weighted by Gasteiger charge is 2.61. The van der Waals surface area contributed by atoms with Gasteiger partial charge in [0.05, 0.1) is 0 Å². The van der Waals surface area contributed by atoms with E-state index in [0.29, 0.717) is 5.41 Å². The van der Waals surface area contributed by atoms with Crippen molar-refractivity contribution in [1.29, 1.82) is 0 Å². The first kappa shape index (κ1) is 10.1. The summed E-state index contributed by atoms with van der Waals surface area (Å²) < 4.78 is 0. The Morgan fingerprint density at radius 3 is 2.35 bits per heavy atom. The summed E-state index contributed by atoms with van der Waals surface area (Å²) in [6, 6.07) is 12.1. The maximum Gasteiger partial charge on any atom is 0.00884 e. The Kier molecular flexibility index (Phi) is 2.00. The molecule has 3 aliphatic rings. The molecule has 0 aromatic heterocycles. The second-order valence-electron chi connectivity index (χ2n) is 6.66. The minimum Gasteiger partial charge on any atom is -0.313 e. The Morgan fingerprint density at radius 1 is 1.06 bits per heavy atom. The number of nitrogens with one attached hydrogen (secondary N) is 1. The van der Waals surface area contributed by atoms with Gasteiger partial charge in [0.2, 0.25) is 0 Å². The second-order valence-corrected chi connectivity index (χ2v) is 6.66. The van der Waals surface area contributed by atoms with Gasteiger partial charge in [-0.05, 0) is 49.5 Å². The molecule has 0 radical (unpaired) electrons. The monoisotopic (exact) mass is 227 g/mol. The van der Waals surface area contributed by atoms with E-state index in [1.54, 1.807) is 5.56 Å². The SMILES string of the molecule is c1ccc(C2(CNC3CC3)CC3(CC3)C2)cc1. The average molecular weight is 227 g/mol. The Hall–Kier alpha value is -0.820. The molecule has 1 nitrogen and oxygen atoms in total. The summed E-state index contributed by atoms with van der Waals surface area (Å²) in [5, 5.41) is 3.76. The molecular formula is C16H21N. The fourth-order valence-electron chi connectivity index (χ4n) is 3.76. The van der Waals surface area contributed by atoms with Crippen LogP contribution in [0, 0.1) is 5.41 Å². The highest BCUT2D eigenvalue weighted by molar-refractivity contribution is 5.33. The van der Waals surface area contributed by atoms with Gasteiger partial charge in [0, 0.05) is 18.0 Å². The van der Waals surface area contributed by atoms with Gasteiger partial charge in [0.15, 0.2) is 0 Å². The van der Waals surface area contributed by atoms with Crippen molar-refractivity contribution in [3.05, 3.63) is 35.9 Å². The van der Waals surface area contributed by atoms with E-state index in [-0.39, 0.29) is 0 Å². The molecule has 0 saturated heterocycles. The molecule has 0 unspecified atom stereocenters. The molecular weight excluding hydrogens is 206 g/mol. The molecule has 0 aliphatic heterocycles. The highest BCUT2D eigenvalue weighted by atomic mass is 15.0. The summed E-state index contributed by atoms with van der Waals surface area (Å²) in [7, 11) is 0. The predicted octanol–water partition coefficient (Wildman–Crippen LogP) is 3.25. The van der Waals surface area contributed by atoms with Crippen LogP contribution in [-0.4, -0.2) is 12.6 Å². The molecule has 3 fully saturated rings. The van der Waals surface area contributed by atoms with Crippen LogP contribution < -0.4 is 5.32 Å². The van der Waals surface area contributed by atoms with E-state index < -0.39 is 0 Å². The van der Waals surface area contributed by atoms with Crippen LogP contribution in [0.5, 0.6) is 0 Å². The molecule has 1 aromatic carbocycles. The zero-order chi connectivity index (χ0) is 11.3. The number of hydrogen-bond acceptors (Lipinski definition) is 1. The molecule has 1 heteroatoms. The fourth-order valence-corrected chi connectivity index (χ4v) is 3.76. The molecule has 0 amide bonds. The number of hydrogen-bond donors (Lipinski definition) is 1. The summed E-state index contributed by atoms with van der Waals surface area (Å²) in [4.78, 5) is 0. The van der Waals surface area contributed by atoms with Crippen molar-refractivity contribution >= 4 is 0 Å². The summed E-state index contributed by atoms with van der Waals surface area (Å²) in [5.41, 5.74) is 2.83. The van der Waals surface area contributed by atoms with Gasteiger partial charge in [-0.3, -0.25) is 0 Å². The molecule has 1 N–H and O–H groups in total. The summed E-state index contributed by atoms with van der Waals surface area (Å²) >= 11 is 0. The van der Waals surface area contributed by atoms with Crippen molar-refractivity contribution in [2.45, 2.75) is 50.0 Å². The van der Waals surface area contributed by atoms with Gasteiger partial charge in [0.25, 0.3) is 0 Å². The quantitative estimate of drug-likeness (QED) is 0.832. The molecule has 4 rings (SSSR count). The van der Waals surface area contributed by atoms with Crippen molar-refractivity contribution < 1.29 is 0 Å². The van der Waals surface area contributed by atoms with E-state index in [2.05, 4.69) is 35.6 Å². The zero-order valence-electron chi connectivity index (χ0n) is 10.4. The van der Waals surface area contributed by atoms with Crippen LogP contribution in [0.25, 0.3) is 0 Å². The minimum atomic E-state index is 0.473. The van der Waals surface area contributed by atoms with E-state index in [1.165, 1.54) is 45.1 Å². The van der Waals surface area contributed by atoms with Gasteiger partial charge in [0.1, 0.15) is 0 Å². The first-order valence-corrected chi connectivity index (χ1v) is 7.09. The Morgan fingerprint density at radius 2 is 1.76 bits per heavy atom. The van der Waals surface area contributed by atoms with Crippen LogP contribution in [-0.2, 0) is 5.41 Å². The first-order chi connectivity index (χ1) is 8.30. The highest BCUT2D eigenvalue weighted by Crippen LogP contribution is 2.68. The van der Waals surface area contributed by atoms with E-state index in [4.69, 9.17) is 0 Å². The third-order valence-electron chi connectivity index (χ3n) is 5.08. The first-order valence-electron chi connectivity index (χ1n) is 7.09. The van der Waals surface area contributed by atoms with Crippen LogP contribution >= 0.6 is 0 Å². The third-order valence-corrected chi connectivity index (χ3v) is 5.08. The van der Waals surface area contributed by atoms with Crippen LogP contribution in [0.4, 0.5) is 0 Å². The van der Waals surface area contributed by atoms with Crippen LogP contribution in [0.2, 0.25) is 0 Å². The standard InChI is InChI=1S/C16H21N/c1-2-4-13(5-3-1)16(12-17-14-6-7-14)10-15(11-16)8-9-15/h1-5,14,17H,6-12H2. The molecule has 0 heterocycles. The maximum absolute atomic E-state index is 3.76. The van der Waals surface area contributed by atoms with Gasteiger partial charge in [-0.15, -0.1) is 0 Å². The van der Waals surface area contributed by atoms with Crippen molar-refractivity contribution in [1.82, 2.24) is 5.32 Å². The smallest absolute Gasteiger partial charge is 0.00884 e. The maximum atomic E-state index is 3.76. The van der Waals surface area contributed by atoms with Crippen molar-refractivity contribution in [2.24, 2.45) is 5.41 Å². The predicted molar refractivity (Wildman–Crippen MR) is 70.0 cm³/mol. The largest absolute Gasteiger partial charge is 0.313 e. The van der Waals surface area contributed by atoms with Gasteiger partial charge in [-0.2, -0.15) is 0 Å². The third kappa shape index (κ3) is 1.72. The summed E-state index contributed by atoms with van der Waals surface area (Å²) in [6.45, 7) is 1.21. The van der Waals surface area contributed by atoms with Gasteiger partial charge in [-0.1, -0.05) is 30.3 Å². The summed E-state index contributed by atoms with van der Waals surface area (Å²) in [6.07, 6.45) is 8.65. The second kappa shape index (κ2) is 3.35. The molecule has 1 spiro atoms. The molecule has 3 aliphatic carbocycles. The van der Waals surface area contributed by atoms with Gasteiger partial charge >= 0.3 is 0 Å². The number of benzene rings is 1. The van der Waals surface area contributed by atoms with Gasteiger partial charge < -0.3 is 5.32 Å². The van der Waals surface area contributed by atoms with Crippen LogP contribution in [0.15, 0.2) is 30.3 Å². The number of rotatable bonds is 4. The van der Waals surface area contributed by atoms with E-state index in [9.17, 15) is 0 Å². The average Bonchev–Trinajstić information content (AvgIpc) is 3.20. The summed E-state index contributed by atoms with van der Waals surface area (Å²) in [5.74, 6) is 0. The van der Waals surface area contributed by atoms with E-state index >= 15 is 0 Å². The lowest BCUT2D eigenvalue weighted by Gasteiger charge is -2.49. The molecule has 17 heavy (non-hydrogen) atoms.